The largest absolute Gasteiger partial charge is 0.495 e. The number of hydrogen-bond donors (Lipinski definition) is 1. The van der Waals surface area contributed by atoms with E-state index in [0.29, 0.717) is 17.9 Å². The summed E-state index contributed by atoms with van der Waals surface area (Å²) >= 11 is 0. The van der Waals surface area contributed by atoms with E-state index in [0.717, 1.165) is 15.4 Å². The van der Waals surface area contributed by atoms with Crippen molar-refractivity contribution in [3.63, 3.8) is 0 Å². The Hall–Kier alpha value is -3.32. The first-order valence-corrected chi connectivity index (χ1v) is 11.9. The van der Waals surface area contributed by atoms with E-state index in [1.807, 2.05) is 44.2 Å². The second-order valence-electron chi connectivity index (χ2n) is 7.44. The molecule has 1 N–H and O–H groups in total. The molecule has 168 valence electrons. The number of carbonyl (C=O) groups excluding carboxylic acids is 1. The molecule has 0 aromatic heterocycles. The lowest BCUT2D eigenvalue weighted by Crippen LogP contribution is -2.42. The maximum atomic E-state index is 13.6. The summed E-state index contributed by atoms with van der Waals surface area (Å²) in [5.74, 6) is -0.0339. The van der Waals surface area contributed by atoms with Crippen molar-refractivity contribution in [1.82, 2.24) is 5.32 Å². The van der Waals surface area contributed by atoms with Gasteiger partial charge in [-0.2, -0.15) is 0 Å². The van der Waals surface area contributed by atoms with E-state index >= 15 is 0 Å². The fourth-order valence-corrected chi connectivity index (χ4v) is 4.88. The van der Waals surface area contributed by atoms with Crippen LogP contribution in [-0.4, -0.2) is 28.0 Å². The quantitative estimate of drug-likeness (QED) is 0.520. The molecule has 0 unspecified atom stereocenters. The van der Waals surface area contributed by atoms with Crippen LogP contribution in [-0.2, 0) is 14.8 Å². The Kier molecular flexibility index (Phi) is 7.53. The zero-order chi connectivity index (χ0) is 23.1. The van der Waals surface area contributed by atoms with Crippen molar-refractivity contribution in [1.29, 1.82) is 0 Å². The average Bonchev–Trinajstić information content (AvgIpc) is 2.81. The molecule has 0 radical (unpaired) electrons. The van der Waals surface area contributed by atoms with Crippen molar-refractivity contribution in [3.05, 3.63) is 90.0 Å². The molecule has 0 saturated carbocycles. The summed E-state index contributed by atoms with van der Waals surface area (Å²) in [7, 11) is -2.54. The molecular weight excluding hydrogens is 424 g/mol. The molecule has 0 fully saturated rings. The van der Waals surface area contributed by atoms with Gasteiger partial charge in [-0.05, 0) is 43.2 Å². The molecule has 32 heavy (non-hydrogen) atoms. The fraction of sp³-hybridized carbons (Fsp3) is 0.240. The molecule has 3 aromatic carbocycles. The Balaban J connectivity index is 1.96. The van der Waals surface area contributed by atoms with Crippen molar-refractivity contribution in [3.8, 4) is 5.75 Å². The number of methoxy groups -OCH3 is 1. The number of rotatable bonds is 9. The number of para-hydroxylation sites is 2. The second-order valence-corrected chi connectivity index (χ2v) is 9.30. The van der Waals surface area contributed by atoms with Crippen LogP contribution in [0.1, 0.15) is 30.5 Å². The molecule has 3 aromatic rings. The van der Waals surface area contributed by atoms with Gasteiger partial charge in [-0.15, -0.1) is 0 Å². The van der Waals surface area contributed by atoms with Gasteiger partial charge in [0.2, 0.25) is 5.91 Å². The number of benzene rings is 3. The number of carbonyl (C=O) groups is 1. The smallest absolute Gasteiger partial charge is 0.264 e. The van der Waals surface area contributed by atoms with E-state index < -0.39 is 15.9 Å². The first-order valence-electron chi connectivity index (χ1n) is 10.4. The lowest BCUT2D eigenvalue weighted by atomic mass is 10.0. The Morgan fingerprint density at radius 1 is 0.969 bits per heavy atom. The van der Waals surface area contributed by atoms with Crippen LogP contribution in [0.5, 0.6) is 5.75 Å². The molecule has 7 heteroatoms. The minimum absolute atomic E-state index is 0.108. The summed E-state index contributed by atoms with van der Waals surface area (Å²) in [5, 5.41) is 2.97. The lowest BCUT2D eigenvalue weighted by Gasteiger charge is -2.27. The highest BCUT2D eigenvalue weighted by molar-refractivity contribution is 7.92. The molecule has 0 bridgehead atoms. The molecule has 6 nitrogen and oxygen atoms in total. The summed E-state index contributed by atoms with van der Waals surface area (Å²) in [6, 6.07) is 22.7. The number of nitrogens with one attached hydrogen (secondary N) is 1. The van der Waals surface area contributed by atoms with E-state index in [1.165, 1.54) is 7.11 Å². The van der Waals surface area contributed by atoms with Crippen LogP contribution in [0, 0.1) is 6.92 Å². The van der Waals surface area contributed by atoms with Crippen molar-refractivity contribution in [2.75, 3.05) is 18.0 Å². The predicted octanol–water partition coefficient (Wildman–Crippen LogP) is 4.47. The van der Waals surface area contributed by atoms with E-state index in [-0.39, 0.29) is 17.5 Å². The van der Waals surface area contributed by atoms with Gasteiger partial charge in [-0.3, -0.25) is 9.10 Å². The molecule has 0 aliphatic carbocycles. The Morgan fingerprint density at radius 3 is 2.22 bits per heavy atom. The number of nitrogens with zero attached hydrogens (tertiary/aromatic N) is 1. The summed E-state index contributed by atoms with van der Waals surface area (Å²) in [6.45, 7) is 3.48. The van der Waals surface area contributed by atoms with Crippen LogP contribution >= 0.6 is 0 Å². The van der Waals surface area contributed by atoms with E-state index in [9.17, 15) is 13.2 Å². The van der Waals surface area contributed by atoms with Gasteiger partial charge in [0.1, 0.15) is 12.3 Å². The van der Waals surface area contributed by atoms with E-state index in [2.05, 4.69) is 5.32 Å². The van der Waals surface area contributed by atoms with Crippen LogP contribution < -0.4 is 14.4 Å². The van der Waals surface area contributed by atoms with Gasteiger partial charge >= 0.3 is 0 Å². The molecule has 0 saturated heterocycles. The monoisotopic (exact) mass is 452 g/mol. The first kappa shape index (κ1) is 23.3. The average molecular weight is 453 g/mol. The zero-order valence-corrected chi connectivity index (χ0v) is 19.3. The van der Waals surface area contributed by atoms with Crippen LogP contribution in [0.2, 0.25) is 0 Å². The number of hydrogen-bond acceptors (Lipinski definition) is 4. The van der Waals surface area contributed by atoms with Crippen molar-refractivity contribution in [2.24, 2.45) is 0 Å². The number of amides is 1. The van der Waals surface area contributed by atoms with Gasteiger partial charge in [0.15, 0.2) is 0 Å². The summed E-state index contributed by atoms with van der Waals surface area (Å²) in [5.41, 5.74) is 2.21. The van der Waals surface area contributed by atoms with Gasteiger partial charge in [-0.1, -0.05) is 67.1 Å². The van der Waals surface area contributed by atoms with Crippen LogP contribution in [0.3, 0.4) is 0 Å². The fourth-order valence-electron chi connectivity index (χ4n) is 3.45. The molecule has 3 rings (SSSR count). The molecule has 1 atom stereocenters. The van der Waals surface area contributed by atoms with Crippen LogP contribution in [0.4, 0.5) is 5.69 Å². The molecule has 0 aliphatic heterocycles. The Morgan fingerprint density at radius 2 is 1.59 bits per heavy atom. The number of sulfonamides is 1. The maximum absolute atomic E-state index is 13.6. The number of aryl methyl sites for hydroxylation is 1. The number of ether oxygens (including phenoxy) is 1. The summed E-state index contributed by atoms with van der Waals surface area (Å²) in [4.78, 5) is 13.2. The van der Waals surface area contributed by atoms with E-state index in [4.69, 9.17) is 4.74 Å². The predicted molar refractivity (Wildman–Crippen MR) is 126 cm³/mol. The van der Waals surface area contributed by atoms with Gasteiger partial charge < -0.3 is 10.1 Å². The van der Waals surface area contributed by atoms with Crippen LogP contribution in [0.25, 0.3) is 0 Å². The number of anilines is 1. The molecular formula is C25H28N2O4S. The summed E-state index contributed by atoms with van der Waals surface area (Å²) in [6.07, 6.45) is 0.676. The van der Waals surface area contributed by atoms with Gasteiger partial charge in [-0.25, -0.2) is 8.42 Å². The molecule has 1 amide bonds. The second kappa shape index (κ2) is 10.3. The van der Waals surface area contributed by atoms with Crippen molar-refractivity contribution >= 4 is 21.6 Å². The molecule has 0 heterocycles. The zero-order valence-electron chi connectivity index (χ0n) is 18.5. The highest BCUT2D eigenvalue weighted by atomic mass is 32.2. The van der Waals surface area contributed by atoms with Crippen molar-refractivity contribution < 1.29 is 17.9 Å². The van der Waals surface area contributed by atoms with Gasteiger partial charge in [0.25, 0.3) is 10.0 Å². The minimum Gasteiger partial charge on any atom is -0.495 e. The third-order valence-electron chi connectivity index (χ3n) is 5.20. The standard InChI is InChI=1S/C25H28N2O4S/c1-4-22(20-10-6-5-7-11-20)26-25(28)18-27(23-12-8-9-13-24(23)31-3)32(29,30)21-16-14-19(2)15-17-21/h5-17,22H,4,18H2,1-3H3,(H,26,28)/t22-/m0/s1. The third-order valence-corrected chi connectivity index (χ3v) is 6.97. The Labute approximate surface area is 189 Å². The topological polar surface area (TPSA) is 75.7 Å². The Bertz CT molecular complexity index is 1150. The highest BCUT2D eigenvalue weighted by Gasteiger charge is 2.30. The van der Waals surface area contributed by atoms with Gasteiger partial charge in [0, 0.05) is 0 Å². The SMILES string of the molecule is CC[C@H](NC(=O)CN(c1ccccc1OC)S(=O)(=O)c1ccc(C)cc1)c1ccccc1. The van der Waals surface area contributed by atoms with Crippen molar-refractivity contribution in [2.45, 2.75) is 31.2 Å². The first-order chi connectivity index (χ1) is 15.4. The highest BCUT2D eigenvalue weighted by Crippen LogP contribution is 2.32. The van der Waals surface area contributed by atoms with E-state index in [1.54, 1.807) is 48.5 Å². The minimum atomic E-state index is -4.01. The third kappa shape index (κ3) is 5.29. The summed E-state index contributed by atoms with van der Waals surface area (Å²) < 4.78 is 33.6. The normalized spacial score (nSPS) is 12.1. The maximum Gasteiger partial charge on any atom is 0.264 e. The molecule has 0 aliphatic rings. The van der Waals surface area contributed by atoms with Gasteiger partial charge in [0.05, 0.1) is 23.7 Å². The molecule has 0 spiro atoms. The lowest BCUT2D eigenvalue weighted by molar-refractivity contribution is -0.120. The van der Waals surface area contributed by atoms with Crippen LogP contribution in [0.15, 0.2) is 83.8 Å².